The summed E-state index contributed by atoms with van der Waals surface area (Å²) in [4.78, 5) is 23.9. The van der Waals surface area contributed by atoms with Crippen molar-refractivity contribution in [1.82, 2.24) is 5.32 Å². The number of nitrogens with one attached hydrogen (secondary N) is 1. The maximum Gasteiger partial charge on any atom is 0.339 e. The van der Waals surface area contributed by atoms with E-state index in [0.29, 0.717) is 28.9 Å². The van der Waals surface area contributed by atoms with Crippen molar-refractivity contribution in [2.24, 2.45) is 0 Å². The van der Waals surface area contributed by atoms with Gasteiger partial charge in [-0.2, -0.15) is 0 Å². The molecule has 7 nitrogen and oxygen atoms in total. The standard InChI is InChI=1S/C18H21NO6S/c1-10-11(2)18(21)25-17-12(3)15(5-4-14(10)17)24-8-16(20)19-13-6-7-26(22,23)9-13/h4-5,13H,6-9H2,1-3H3,(H,19,20)/t13-/m1/s1. The van der Waals surface area contributed by atoms with Crippen LogP contribution in [0.2, 0.25) is 0 Å². The summed E-state index contributed by atoms with van der Waals surface area (Å²) in [6.07, 6.45) is 0.423. The molecule has 1 aromatic carbocycles. The highest BCUT2D eigenvalue weighted by atomic mass is 32.2. The summed E-state index contributed by atoms with van der Waals surface area (Å²) in [5, 5.41) is 3.50. The third-order valence-electron chi connectivity index (χ3n) is 4.78. The highest BCUT2D eigenvalue weighted by molar-refractivity contribution is 7.91. The normalized spacial score (nSPS) is 18.8. The number of aryl methyl sites for hydroxylation is 2. The van der Waals surface area contributed by atoms with Crippen molar-refractivity contribution >= 4 is 26.7 Å². The first-order valence-electron chi connectivity index (χ1n) is 8.34. The third kappa shape index (κ3) is 3.60. The molecule has 8 heteroatoms. The molecular formula is C18H21NO6S. The molecule has 1 amide bonds. The molecule has 0 saturated carbocycles. The summed E-state index contributed by atoms with van der Waals surface area (Å²) >= 11 is 0. The van der Waals surface area contributed by atoms with Crippen LogP contribution in [0.15, 0.2) is 21.3 Å². The molecule has 3 rings (SSSR count). The van der Waals surface area contributed by atoms with Gasteiger partial charge in [-0.25, -0.2) is 13.2 Å². The summed E-state index contributed by atoms with van der Waals surface area (Å²) in [7, 11) is -3.05. The first kappa shape index (κ1) is 18.4. The molecule has 0 radical (unpaired) electrons. The fourth-order valence-corrected chi connectivity index (χ4v) is 4.78. The molecule has 1 saturated heterocycles. The minimum absolute atomic E-state index is 0.0302. The van der Waals surface area contributed by atoms with Crippen molar-refractivity contribution < 1.29 is 22.4 Å². The average Bonchev–Trinajstić information content (AvgIpc) is 2.91. The van der Waals surface area contributed by atoms with Crippen molar-refractivity contribution in [3.05, 3.63) is 39.2 Å². The van der Waals surface area contributed by atoms with Crippen LogP contribution in [0.1, 0.15) is 23.1 Å². The van der Waals surface area contributed by atoms with Crippen LogP contribution in [0.4, 0.5) is 0 Å². The van der Waals surface area contributed by atoms with E-state index in [1.54, 1.807) is 26.0 Å². The molecule has 26 heavy (non-hydrogen) atoms. The number of benzene rings is 1. The van der Waals surface area contributed by atoms with E-state index in [1.807, 2.05) is 6.92 Å². The minimum Gasteiger partial charge on any atom is -0.483 e. The molecule has 1 aliphatic heterocycles. The van der Waals surface area contributed by atoms with Gasteiger partial charge in [-0.15, -0.1) is 0 Å². The monoisotopic (exact) mass is 379 g/mol. The predicted octanol–water partition coefficient (Wildman–Crippen LogP) is 1.40. The van der Waals surface area contributed by atoms with E-state index in [-0.39, 0.29) is 30.1 Å². The van der Waals surface area contributed by atoms with Gasteiger partial charge in [0, 0.05) is 22.6 Å². The number of rotatable bonds is 4. The fraction of sp³-hybridized carbons (Fsp3) is 0.444. The maximum atomic E-state index is 12.0. The Bertz CT molecular complexity index is 1040. The molecule has 1 aromatic heterocycles. The van der Waals surface area contributed by atoms with E-state index >= 15 is 0 Å². The van der Waals surface area contributed by atoms with Crippen LogP contribution in [-0.4, -0.2) is 38.5 Å². The van der Waals surface area contributed by atoms with Gasteiger partial charge in [0.05, 0.1) is 11.5 Å². The van der Waals surface area contributed by atoms with Gasteiger partial charge < -0.3 is 14.5 Å². The van der Waals surface area contributed by atoms with Gasteiger partial charge in [0.25, 0.3) is 5.91 Å². The summed E-state index contributed by atoms with van der Waals surface area (Å²) in [5.74, 6) is 0.129. The van der Waals surface area contributed by atoms with E-state index in [4.69, 9.17) is 9.15 Å². The number of amides is 1. The van der Waals surface area contributed by atoms with Crippen LogP contribution in [0.5, 0.6) is 5.75 Å². The lowest BCUT2D eigenvalue weighted by molar-refractivity contribution is -0.123. The van der Waals surface area contributed by atoms with Crippen molar-refractivity contribution in [2.45, 2.75) is 33.2 Å². The summed E-state index contributed by atoms with van der Waals surface area (Å²) < 4.78 is 33.8. The maximum absolute atomic E-state index is 12.0. The predicted molar refractivity (Wildman–Crippen MR) is 97.4 cm³/mol. The number of carbonyl (C=O) groups is 1. The molecule has 2 aromatic rings. The van der Waals surface area contributed by atoms with Gasteiger partial charge in [-0.3, -0.25) is 4.79 Å². The second-order valence-electron chi connectivity index (χ2n) is 6.66. The molecule has 1 atom stereocenters. The zero-order valence-electron chi connectivity index (χ0n) is 14.9. The van der Waals surface area contributed by atoms with Crippen LogP contribution in [0.25, 0.3) is 11.0 Å². The molecule has 0 spiro atoms. The van der Waals surface area contributed by atoms with Gasteiger partial charge in [0.2, 0.25) is 0 Å². The number of sulfone groups is 1. The Kier molecular flexibility index (Phi) is 4.79. The Morgan fingerprint density at radius 1 is 1.23 bits per heavy atom. The second kappa shape index (κ2) is 6.75. The fourth-order valence-electron chi connectivity index (χ4n) is 3.10. The van der Waals surface area contributed by atoms with Gasteiger partial charge >= 0.3 is 5.63 Å². The molecule has 0 unspecified atom stereocenters. The van der Waals surface area contributed by atoms with Crippen molar-refractivity contribution in [2.75, 3.05) is 18.1 Å². The Morgan fingerprint density at radius 3 is 2.62 bits per heavy atom. The molecule has 1 fully saturated rings. The largest absolute Gasteiger partial charge is 0.483 e. The second-order valence-corrected chi connectivity index (χ2v) is 8.89. The zero-order chi connectivity index (χ0) is 19.1. The quantitative estimate of drug-likeness (QED) is 0.806. The molecule has 0 aliphatic carbocycles. The van der Waals surface area contributed by atoms with Crippen molar-refractivity contribution in [1.29, 1.82) is 0 Å². The Morgan fingerprint density at radius 2 is 1.96 bits per heavy atom. The Hall–Kier alpha value is -2.35. The highest BCUT2D eigenvalue weighted by Gasteiger charge is 2.29. The molecule has 1 aliphatic rings. The van der Waals surface area contributed by atoms with E-state index in [1.165, 1.54) is 0 Å². The van der Waals surface area contributed by atoms with Gasteiger partial charge in [-0.05, 0) is 44.9 Å². The minimum atomic E-state index is -3.05. The van der Waals surface area contributed by atoms with E-state index in [2.05, 4.69) is 5.32 Å². The number of hydrogen-bond acceptors (Lipinski definition) is 6. The van der Waals surface area contributed by atoms with Crippen LogP contribution < -0.4 is 15.7 Å². The van der Waals surface area contributed by atoms with Gasteiger partial charge in [0.15, 0.2) is 16.4 Å². The molecule has 0 bridgehead atoms. The topological polar surface area (TPSA) is 103 Å². The Balaban J connectivity index is 1.73. The molecule has 1 N–H and O–H groups in total. The number of ether oxygens (including phenoxy) is 1. The lowest BCUT2D eigenvalue weighted by Crippen LogP contribution is -2.38. The summed E-state index contributed by atoms with van der Waals surface area (Å²) in [5.41, 5.74) is 2.11. The smallest absolute Gasteiger partial charge is 0.339 e. The Labute approximate surface area is 151 Å². The number of carbonyl (C=O) groups excluding carboxylic acids is 1. The number of fused-ring (bicyclic) bond motifs is 1. The zero-order valence-corrected chi connectivity index (χ0v) is 15.7. The van der Waals surface area contributed by atoms with Crippen LogP contribution in [0.3, 0.4) is 0 Å². The van der Waals surface area contributed by atoms with Crippen LogP contribution >= 0.6 is 0 Å². The van der Waals surface area contributed by atoms with Crippen LogP contribution in [0, 0.1) is 20.8 Å². The molecule has 2 heterocycles. The van der Waals surface area contributed by atoms with Crippen LogP contribution in [-0.2, 0) is 14.6 Å². The SMILES string of the molecule is Cc1c(C)c2ccc(OCC(=O)N[C@@H]3CCS(=O)(=O)C3)c(C)c2oc1=O. The lowest BCUT2D eigenvalue weighted by atomic mass is 10.0. The highest BCUT2D eigenvalue weighted by Crippen LogP contribution is 2.29. The summed E-state index contributed by atoms with van der Waals surface area (Å²) in [6, 6.07) is 3.17. The van der Waals surface area contributed by atoms with E-state index in [0.717, 1.165) is 10.9 Å². The van der Waals surface area contributed by atoms with Gasteiger partial charge in [0.1, 0.15) is 11.3 Å². The molecular weight excluding hydrogens is 358 g/mol. The first-order chi connectivity index (χ1) is 12.2. The number of hydrogen-bond donors (Lipinski definition) is 1. The van der Waals surface area contributed by atoms with Crippen molar-refractivity contribution in [3.8, 4) is 5.75 Å². The average molecular weight is 379 g/mol. The lowest BCUT2D eigenvalue weighted by Gasteiger charge is -2.14. The third-order valence-corrected chi connectivity index (χ3v) is 6.55. The summed E-state index contributed by atoms with van der Waals surface area (Å²) in [6.45, 7) is 5.10. The first-order valence-corrected chi connectivity index (χ1v) is 10.2. The van der Waals surface area contributed by atoms with E-state index in [9.17, 15) is 18.0 Å². The van der Waals surface area contributed by atoms with E-state index < -0.39 is 15.5 Å². The van der Waals surface area contributed by atoms with Crippen molar-refractivity contribution in [3.63, 3.8) is 0 Å². The van der Waals surface area contributed by atoms with Gasteiger partial charge in [-0.1, -0.05) is 0 Å². The molecule has 140 valence electrons.